The maximum atomic E-state index is 3.57. The molecular weight excluding hydrogens is 323 g/mol. The summed E-state index contributed by atoms with van der Waals surface area (Å²) in [6, 6.07) is 0. The number of likely N-dealkylation sites (tertiary alicyclic amines) is 1. The number of rotatable bonds is 9. The molecule has 0 spiro atoms. The predicted molar refractivity (Wildman–Crippen MR) is 85.1 cm³/mol. The van der Waals surface area contributed by atoms with Crippen LogP contribution in [0.2, 0.25) is 0 Å². The van der Waals surface area contributed by atoms with Gasteiger partial charge in [-0.25, -0.2) is 0 Å². The van der Waals surface area contributed by atoms with Gasteiger partial charge in [-0.3, -0.25) is 0 Å². The number of unbranched alkanes of at least 4 members (excludes halogenated alkanes) is 2. The van der Waals surface area contributed by atoms with E-state index in [0.717, 1.165) is 0 Å². The van der Waals surface area contributed by atoms with Crippen LogP contribution < -0.4 is 5.32 Å². The smallest absolute Gasteiger partial charge is 0.000472 e. The van der Waals surface area contributed by atoms with Crippen LogP contribution in [0.25, 0.3) is 0 Å². The lowest BCUT2D eigenvalue weighted by atomic mass is 10.2. The molecule has 1 rings (SSSR count). The average Bonchev–Trinajstić information content (AvgIpc) is 2.61. The summed E-state index contributed by atoms with van der Waals surface area (Å²) in [5.74, 6) is 0. The van der Waals surface area contributed by atoms with E-state index in [1.54, 1.807) is 0 Å². The highest BCUT2D eigenvalue weighted by Crippen LogP contribution is 2.09. The highest BCUT2D eigenvalue weighted by Gasteiger charge is 2.07. The van der Waals surface area contributed by atoms with Gasteiger partial charge in [-0.2, -0.15) is 0 Å². The second-order valence-electron chi connectivity index (χ2n) is 5.11. The van der Waals surface area contributed by atoms with E-state index < -0.39 is 0 Å². The number of nitrogens with zero attached hydrogens (tertiary/aromatic N) is 1. The molecule has 1 fully saturated rings. The lowest BCUT2D eigenvalue weighted by Crippen LogP contribution is -2.28. The van der Waals surface area contributed by atoms with Gasteiger partial charge in [0.1, 0.15) is 0 Å². The van der Waals surface area contributed by atoms with Crippen LogP contribution in [0.4, 0.5) is 0 Å². The molecule has 1 N–H and O–H groups in total. The Kier molecular flexibility index (Phi) is 10.8. The second-order valence-corrected chi connectivity index (χ2v) is 6.19. The molecule has 102 valence electrons. The first kappa shape index (κ1) is 15.7. The van der Waals surface area contributed by atoms with Gasteiger partial charge in [-0.15, -0.1) is 0 Å². The molecule has 3 heteroatoms. The highest BCUT2D eigenvalue weighted by atomic mass is 127. The van der Waals surface area contributed by atoms with Gasteiger partial charge in [0.2, 0.25) is 0 Å². The van der Waals surface area contributed by atoms with Crippen molar-refractivity contribution in [2.45, 2.75) is 51.4 Å². The fourth-order valence-corrected chi connectivity index (χ4v) is 2.97. The molecule has 1 aliphatic rings. The SMILES string of the molecule is ICCCCCNCCCN1CCCCCC1. The van der Waals surface area contributed by atoms with E-state index in [9.17, 15) is 0 Å². The first-order chi connectivity index (χ1) is 8.43. The van der Waals surface area contributed by atoms with Crippen molar-refractivity contribution in [1.29, 1.82) is 0 Å². The number of nitrogens with one attached hydrogen (secondary N) is 1. The largest absolute Gasteiger partial charge is 0.317 e. The van der Waals surface area contributed by atoms with Crippen molar-refractivity contribution in [2.75, 3.05) is 37.2 Å². The zero-order chi connectivity index (χ0) is 12.2. The van der Waals surface area contributed by atoms with Gasteiger partial charge in [0.15, 0.2) is 0 Å². The average molecular weight is 352 g/mol. The monoisotopic (exact) mass is 352 g/mol. The molecule has 1 aliphatic heterocycles. The van der Waals surface area contributed by atoms with E-state index >= 15 is 0 Å². The fraction of sp³-hybridized carbons (Fsp3) is 1.00. The molecule has 0 bridgehead atoms. The molecule has 17 heavy (non-hydrogen) atoms. The number of halogens is 1. The summed E-state index contributed by atoms with van der Waals surface area (Å²) < 4.78 is 1.31. The van der Waals surface area contributed by atoms with Crippen LogP contribution in [0.3, 0.4) is 0 Å². The summed E-state index contributed by atoms with van der Waals surface area (Å²) >= 11 is 2.46. The molecule has 0 amide bonds. The molecule has 0 saturated carbocycles. The topological polar surface area (TPSA) is 15.3 Å². The van der Waals surface area contributed by atoms with Crippen molar-refractivity contribution in [3.63, 3.8) is 0 Å². The van der Waals surface area contributed by atoms with Crippen LogP contribution in [0.15, 0.2) is 0 Å². The zero-order valence-electron chi connectivity index (χ0n) is 11.2. The van der Waals surface area contributed by atoms with E-state index in [0.29, 0.717) is 0 Å². The summed E-state index contributed by atoms with van der Waals surface area (Å²) in [6.07, 6.45) is 11.2. The molecule has 1 saturated heterocycles. The van der Waals surface area contributed by atoms with Gasteiger partial charge in [0, 0.05) is 0 Å². The molecule has 0 unspecified atom stereocenters. The Bertz CT molecular complexity index is 156. The summed E-state index contributed by atoms with van der Waals surface area (Å²) in [7, 11) is 0. The normalized spacial score (nSPS) is 18.2. The van der Waals surface area contributed by atoms with Crippen LogP contribution >= 0.6 is 22.6 Å². The summed E-state index contributed by atoms with van der Waals surface area (Å²) in [6.45, 7) is 6.42. The third kappa shape index (κ3) is 9.25. The standard InChI is InChI=1S/C14H29IN2/c15-9-4-3-5-10-16-11-8-14-17-12-6-1-2-7-13-17/h16H,1-14H2. The van der Waals surface area contributed by atoms with Crippen LogP contribution in [0.5, 0.6) is 0 Å². The van der Waals surface area contributed by atoms with Gasteiger partial charge < -0.3 is 10.2 Å². The Balaban J connectivity index is 1.82. The van der Waals surface area contributed by atoms with E-state index in [-0.39, 0.29) is 0 Å². The fourth-order valence-electron chi connectivity index (χ4n) is 2.43. The van der Waals surface area contributed by atoms with Crippen molar-refractivity contribution in [3.8, 4) is 0 Å². The molecule has 2 nitrogen and oxygen atoms in total. The van der Waals surface area contributed by atoms with Gasteiger partial charge in [-0.1, -0.05) is 41.9 Å². The maximum Gasteiger partial charge on any atom is -0.000472 e. The minimum absolute atomic E-state index is 1.21. The third-order valence-electron chi connectivity index (χ3n) is 3.51. The van der Waals surface area contributed by atoms with Gasteiger partial charge in [-0.05, 0) is 69.3 Å². The van der Waals surface area contributed by atoms with E-state index in [1.165, 1.54) is 88.5 Å². The van der Waals surface area contributed by atoms with Crippen LogP contribution in [0, 0.1) is 0 Å². The lowest BCUT2D eigenvalue weighted by molar-refractivity contribution is 0.280. The van der Waals surface area contributed by atoms with Crippen molar-refractivity contribution in [3.05, 3.63) is 0 Å². The molecule has 0 aromatic heterocycles. The van der Waals surface area contributed by atoms with Gasteiger partial charge in [0.25, 0.3) is 0 Å². The third-order valence-corrected chi connectivity index (χ3v) is 4.28. The quantitative estimate of drug-likeness (QED) is 0.388. The number of hydrogen-bond acceptors (Lipinski definition) is 2. The molecule has 1 heterocycles. The first-order valence-electron chi connectivity index (χ1n) is 7.42. The minimum Gasteiger partial charge on any atom is -0.317 e. The highest BCUT2D eigenvalue weighted by molar-refractivity contribution is 14.1. The zero-order valence-corrected chi connectivity index (χ0v) is 13.4. The minimum atomic E-state index is 1.21. The Labute approximate surface area is 121 Å². The van der Waals surface area contributed by atoms with Crippen LogP contribution in [-0.2, 0) is 0 Å². The molecule has 0 aliphatic carbocycles. The molecule has 0 atom stereocenters. The van der Waals surface area contributed by atoms with Gasteiger partial charge >= 0.3 is 0 Å². The number of alkyl halides is 1. The second kappa shape index (κ2) is 11.7. The van der Waals surface area contributed by atoms with Crippen LogP contribution in [-0.4, -0.2) is 42.1 Å². The van der Waals surface area contributed by atoms with E-state index in [2.05, 4.69) is 32.8 Å². The summed E-state index contributed by atoms with van der Waals surface area (Å²) in [4.78, 5) is 2.66. The van der Waals surface area contributed by atoms with Crippen molar-refractivity contribution in [1.82, 2.24) is 10.2 Å². The molecule has 0 radical (unpaired) electrons. The number of hydrogen-bond donors (Lipinski definition) is 1. The van der Waals surface area contributed by atoms with E-state index in [1.807, 2.05) is 0 Å². The Morgan fingerprint density at radius 1 is 0.824 bits per heavy atom. The van der Waals surface area contributed by atoms with Crippen molar-refractivity contribution in [2.24, 2.45) is 0 Å². The van der Waals surface area contributed by atoms with Crippen molar-refractivity contribution >= 4 is 22.6 Å². The first-order valence-corrected chi connectivity index (χ1v) is 8.95. The van der Waals surface area contributed by atoms with Crippen LogP contribution in [0.1, 0.15) is 51.4 Å². The van der Waals surface area contributed by atoms with Gasteiger partial charge in [0.05, 0.1) is 0 Å². The maximum absolute atomic E-state index is 3.57. The Morgan fingerprint density at radius 2 is 1.53 bits per heavy atom. The predicted octanol–water partition coefficient (Wildman–Crippen LogP) is 3.45. The molecular formula is C14H29IN2. The van der Waals surface area contributed by atoms with E-state index in [4.69, 9.17) is 0 Å². The summed E-state index contributed by atoms with van der Waals surface area (Å²) in [5, 5.41) is 3.57. The molecule has 0 aromatic carbocycles. The van der Waals surface area contributed by atoms with Crippen molar-refractivity contribution < 1.29 is 0 Å². The Hall–Kier alpha value is 0.650. The summed E-state index contributed by atoms with van der Waals surface area (Å²) in [5.41, 5.74) is 0. The Morgan fingerprint density at radius 3 is 2.24 bits per heavy atom. The lowest BCUT2D eigenvalue weighted by Gasteiger charge is -2.19. The molecule has 0 aromatic rings.